The van der Waals surface area contributed by atoms with E-state index in [1.54, 1.807) is 36.4 Å². The van der Waals surface area contributed by atoms with Crippen molar-refractivity contribution >= 4 is 43.3 Å². The standard InChI is InChI=1S/C26H24N2O4S2/c1-3-17-9-7-8-12-21(17)28-26-25(34(30,31)20-15-13-19(32-2)14-16-20)22(27)24(33-26)23(29)18-10-5-4-6-11-18/h4-16,28H,3,27H2,1-2H3. The lowest BCUT2D eigenvalue weighted by atomic mass is 10.1. The van der Waals surface area contributed by atoms with Crippen LogP contribution in [0.25, 0.3) is 0 Å². The first-order valence-electron chi connectivity index (χ1n) is 10.6. The van der Waals surface area contributed by atoms with Crippen molar-refractivity contribution in [2.24, 2.45) is 0 Å². The van der Waals surface area contributed by atoms with Crippen molar-refractivity contribution in [2.75, 3.05) is 18.2 Å². The smallest absolute Gasteiger partial charge is 0.211 e. The summed E-state index contributed by atoms with van der Waals surface area (Å²) in [5, 5.41) is 3.54. The summed E-state index contributed by atoms with van der Waals surface area (Å²) in [4.78, 5) is 13.4. The van der Waals surface area contributed by atoms with Gasteiger partial charge in [-0.05, 0) is 42.3 Å². The second-order valence-corrected chi connectivity index (χ2v) is 10.4. The van der Waals surface area contributed by atoms with Crippen LogP contribution in [0.15, 0.2) is 88.7 Å². The van der Waals surface area contributed by atoms with Gasteiger partial charge < -0.3 is 15.8 Å². The van der Waals surface area contributed by atoms with Crippen LogP contribution in [0.2, 0.25) is 0 Å². The molecule has 0 aliphatic carbocycles. The monoisotopic (exact) mass is 492 g/mol. The minimum absolute atomic E-state index is 0.0586. The van der Waals surface area contributed by atoms with Crippen LogP contribution in [0, 0.1) is 0 Å². The summed E-state index contributed by atoms with van der Waals surface area (Å²) in [7, 11) is -2.54. The van der Waals surface area contributed by atoms with Gasteiger partial charge in [0.1, 0.15) is 20.5 Å². The number of rotatable bonds is 8. The highest BCUT2D eigenvalue weighted by Gasteiger charge is 2.32. The van der Waals surface area contributed by atoms with Crippen LogP contribution in [0.5, 0.6) is 5.75 Å². The molecule has 0 atom stereocenters. The van der Waals surface area contributed by atoms with Crippen LogP contribution in [0.1, 0.15) is 27.7 Å². The van der Waals surface area contributed by atoms with E-state index in [0.717, 1.165) is 29.0 Å². The van der Waals surface area contributed by atoms with Crippen molar-refractivity contribution in [1.82, 2.24) is 0 Å². The van der Waals surface area contributed by atoms with Crippen molar-refractivity contribution in [1.29, 1.82) is 0 Å². The summed E-state index contributed by atoms with van der Waals surface area (Å²) in [6.07, 6.45) is 0.750. The lowest BCUT2D eigenvalue weighted by Crippen LogP contribution is -2.08. The second kappa shape index (κ2) is 9.70. The largest absolute Gasteiger partial charge is 0.497 e. The lowest BCUT2D eigenvalue weighted by molar-refractivity contribution is 0.104. The van der Waals surface area contributed by atoms with Gasteiger partial charge in [0.25, 0.3) is 0 Å². The Bertz CT molecular complexity index is 1430. The molecule has 0 spiro atoms. The van der Waals surface area contributed by atoms with E-state index in [4.69, 9.17) is 10.5 Å². The van der Waals surface area contributed by atoms with Crippen LogP contribution >= 0.6 is 11.3 Å². The summed E-state index contributed by atoms with van der Waals surface area (Å²) in [5.74, 6) is 0.207. The van der Waals surface area contributed by atoms with E-state index in [-0.39, 0.29) is 26.1 Å². The Labute approximate surface area is 202 Å². The Morgan fingerprint density at radius 1 is 0.971 bits per heavy atom. The van der Waals surface area contributed by atoms with Crippen LogP contribution in [0.3, 0.4) is 0 Å². The van der Waals surface area contributed by atoms with E-state index in [9.17, 15) is 13.2 Å². The minimum atomic E-state index is -4.04. The molecule has 8 heteroatoms. The number of nitrogens with one attached hydrogen (secondary N) is 1. The number of methoxy groups -OCH3 is 1. The number of nitrogen functional groups attached to an aromatic ring is 1. The van der Waals surface area contributed by atoms with Gasteiger partial charge in [0, 0.05) is 11.3 Å². The number of carbonyl (C=O) groups is 1. The van der Waals surface area contributed by atoms with Crippen molar-refractivity contribution in [3.8, 4) is 5.75 Å². The van der Waals surface area contributed by atoms with Gasteiger partial charge in [-0.15, -0.1) is 11.3 Å². The molecule has 0 aliphatic heterocycles. The highest BCUT2D eigenvalue weighted by Crippen LogP contribution is 2.44. The number of hydrogen-bond acceptors (Lipinski definition) is 7. The predicted octanol–water partition coefficient (Wildman–Crippen LogP) is 5.71. The minimum Gasteiger partial charge on any atom is -0.497 e. The fourth-order valence-electron chi connectivity index (χ4n) is 3.61. The van der Waals surface area contributed by atoms with E-state index in [1.165, 1.54) is 19.2 Å². The number of hydrogen-bond donors (Lipinski definition) is 2. The number of nitrogens with two attached hydrogens (primary N) is 1. The average Bonchev–Trinajstić information content (AvgIpc) is 3.20. The Morgan fingerprint density at radius 2 is 1.62 bits per heavy atom. The average molecular weight is 493 g/mol. The van der Waals surface area contributed by atoms with Crippen LogP contribution in [-0.4, -0.2) is 21.3 Å². The number of para-hydroxylation sites is 1. The number of carbonyl (C=O) groups excluding carboxylic acids is 1. The fraction of sp³-hybridized carbons (Fsp3) is 0.115. The maximum absolute atomic E-state index is 13.7. The molecule has 0 saturated carbocycles. The van der Waals surface area contributed by atoms with Gasteiger partial charge in [0.05, 0.1) is 17.7 Å². The zero-order valence-electron chi connectivity index (χ0n) is 18.7. The molecule has 174 valence electrons. The third-order valence-electron chi connectivity index (χ3n) is 5.43. The zero-order valence-corrected chi connectivity index (χ0v) is 20.4. The molecule has 4 aromatic rings. The lowest BCUT2D eigenvalue weighted by Gasteiger charge is -2.12. The second-order valence-electron chi connectivity index (χ2n) is 7.51. The van der Waals surface area contributed by atoms with Crippen molar-refractivity contribution in [3.63, 3.8) is 0 Å². The Balaban J connectivity index is 1.89. The van der Waals surface area contributed by atoms with E-state index in [0.29, 0.717) is 16.3 Å². The van der Waals surface area contributed by atoms with E-state index in [1.807, 2.05) is 37.3 Å². The Hall–Kier alpha value is -3.62. The number of ether oxygens (including phenoxy) is 1. The summed E-state index contributed by atoms with van der Waals surface area (Å²) in [6, 6.07) is 22.4. The Morgan fingerprint density at radius 3 is 2.26 bits per heavy atom. The molecule has 0 radical (unpaired) electrons. The number of ketones is 1. The molecular formula is C26H24N2O4S2. The van der Waals surface area contributed by atoms with Crippen molar-refractivity contribution in [2.45, 2.75) is 23.1 Å². The highest BCUT2D eigenvalue weighted by atomic mass is 32.2. The van der Waals surface area contributed by atoms with Crippen LogP contribution in [0.4, 0.5) is 16.4 Å². The molecule has 1 aromatic heterocycles. The van der Waals surface area contributed by atoms with Crippen molar-refractivity contribution < 1.29 is 17.9 Å². The molecule has 0 amide bonds. The third-order valence-corrected chi connectivity index (χ3v) is 8.53. The van der Waals surface area contributed by atoms with Crippen LogP contribution in [-0.2, 0) is 16.3 Å². The van der Waals surface area contributed by atoms with Gasteiger partial charge in [-0.3, -0.25) is 4.79 Å². The van der Waals surface area contributed by atoms with Crippen molar-refractivity contribution in [3.05, 3.63) is 94.9 Å². The van der Waals surface area contributed by atoms with E-state index in [2.05, 4.69) is 5.32 Å². The predicted molar refractivity (Wildman–Crippen MR) is 136 cm³/mol. The van der Waals surface area contributed by atoms with Gasteiger partial charge >= 0.3 is 0 Å². The summed E-state index contributed by atoms with van der Waals surface area (Å²) < 4.78 is 32.6. The molecule has 3 aromatic carbocycles. The molecule has 0 aliphatic rings. The van der Waals surface area contributed by atoms with Gasteiger partial charge in [0.15, 0.2) is 0 Å². The third kappa shape index (κ3) is 4.42. The summed E-state index contributed by atoms with van der Waals surface area (Å²) in [6.45, 7) is 2.02. The SMILES string of the molecule is CCc1ccccc1Nc1sc(C(=O)c2ccccc2)c(N)c1S(=O)(=O)c1ccc(OC)cc1. The molecule has 1 heterocycles. The molecule has 4 rings (SSSR count). The molecule has 6 nitrogen and oxygen atoms in total. The molecule has 0 saturated heterocycles. The summed E-state index contributed by atoms with van der Waals surface area (Å²) >= 11 is 1.04. The fourth-order valence-corrected chi connectivity index (χ4v) is 6.54. The Kier molecular flexibility index (Phi) is 6.72. The van der Waals surface area contributed by atoms with Gasteiger partial charge in [-0.2, -0.15) is 0 Å². The normalized spacial score (nSPS) is 11.2. The first kappa shape index (κ1) is 23.5. The molecular weight excluding hydrogens is 468 g/mol. The molecule has 0 bridgehead atoms. The molecule has 3 N–H and O–H groups in total. The zero-order chi connectivity index (χ0) is 24.3. The maximum atomic E-state index is 13.7. The number of benzene rings is 3. The number of aryl methyl sites for hydroxylation is 1. The number of anilines is 3. The van der Waals surface area contributed by atoms with E-state index < -0.39 is 9.84 Å². The first-order valence-corrected chi connectivity index (χ1v) is 12.9. The maximum Gasteiger partial charge on any atom is 0.211 e. The van der Waals surface area contributed by atoms with Gasteiger partial charge in [-0.1, -0.05) is 55.5 Å². The van der Waals surface area contributed by atoms with Gasteiger partial charge in [-0.25, -0.2) is 8.42 Å². The highest BCUT2D eigenvalue weighted by molar-refractivity contribution is 7.92. The first-order chi connectivity index (χ1) is 16.4. The molecule has 0 fully saturated rings. The summed E-state index contributed by atoms with van der Waals surface area (Å²) in [5.41, 5.74) is 8.54. The quantitative estimate of drug-likeness (QED) is 0.306. The van der Waals surface area contributed by atoms with Crippen LogP contribution < -0.4 is 15.8 Å². The topological polar surface area (TPSA) is 98.5 Å². The molecule has 0 unspecified atom stereocenters. The molecule has 34 heavy (non-hydrogen) atoms. The number of sulfone groups is 1. The van der Waals surface area contributed by atoms with E-state index >= 15 is 0 Å². The number of thiophene rings is 1. The van der Waals surface area contributed by atoms with Gasteiger partial charge in [0.2, 0.25) is 15.6 Å².